The standard InChI is InChI=1S/C14H20N2O2/c1-14(2)7-6-11(13(17)18)9-16(14)10-12-5-3-4-8-15-12/h3-5,8,11H,6-7,9-10H2,1-2H3,(H,17,18). The molecule has 2 rings (SSSR count). The first-order chi connectivity index (χ1) is 8.49. The number of aliphatic carboxylic acids is 1. The molecule has 18 heavy (non-hydrogen) atoms. The molecule has 0 aromatic carbocycles. The summed E-state index contributed by atoms with van der Waals surface area (Å²) in [6, 6.07) is 5.85. The fraction of sp³-hybridized carbons (Fsp3) is 0.571. The Balaban J connectivity index is 2.10. The van der Waals surface area contributed by atoms with E-state index in [2.05, 4.69) is 23.7 Å². The second kappa shape index (κ2) is 5.06. The summed E-state index contributed by atoms with van der Waals surface area (Å²) in [7, 11) is 0. The highest BCUT2D eigenvalue weighted by Gasteiger charge is 2.36. The first kappa shape index (κ1) is 13.0. The Bertz CT molecular complexity index is 417. The van der Waals surface area contributed by atoms with Crippen molar-refractivity contribution in [1.82, 2.24) is 9.88 Å². The van der Waals surface area contributed by atoms with Crippen LogP contribution in [0.1, 0.15) is 32.4 Å². The van der Waals surface area contributed by atoms with Gasteiger partial charge in [0, 0.05) is 24.8 Å². The maximum atomic E-state index is 11.1. The van der Waals surface area contributed by atoms with Gasteiger partial charge in [0.2, 0.25) is 0 Å². The number of piperidine rings is 1. The topological polar surface area (TPSA) is 53.4 Å². The molecule has 1 fully saturated rings. The van der Waals surface area contributed by atoms with E-state index >= 15 is 0 Å². The lowest BCUT2D eigenvalue weighted by Gasteiger charge is -2.44. The number of likely N-dealkylation sites (tertiary alicyclic amines) is 1. The van der Waals surface area contributed by atoms with E-state index in [0.29, 0.717) is 6.54 Å². The Kier molecular flexibility index (Phi) is 3.66. The van der Waals surface area contributed by atoms with Gasteiger partial charge in [-0.25, -0.2) is 0 Å². The number of carboxylic acid groups (broad SMARTS) is 1. The van der Waals surface area contributed by atoms with E-state index in [1.54, 1.807) is 6.20 Å². The highest BCUT2D eigenvalue weighted by Crippen LogP contribution is 2.31. The van der Waals surface area contributed by atoms with Crippen LogP contribution >= 0.6 is 0 Å². The first-order valence-corrected chi connectivity index (χ1v) is 6.37. The lowest BCUT2D eigenvalue weighted by molar-refractivity contribution is -0.145. The van der Waals surface area contributed by atoms with Gasteiger partial charge in [0.25, 0.3) is 0 Å². The van der Waals surface area contributed by atoms with Crippen molar-refractivity contribution in [2.24, 2.45) is 5.92 Å². The van der Waals surface area contributed by atoms with E-state index in [4.69, 9.17) is 5.11 Å². The second-order valence-corrected chi connectivity index (χ2v) is 5.59. The minimum absolute atomic E-state index is 0.0451. The van der Waals surface area contributed by atoms with Gasteiger partial charge in [-0.2, -0.15) is 0 Å². The number of rotatable bonds is 3. The molecule has 1 aliphatic rings. The lowest BCUT2D eigenvalue weighted by atomic mass is 9.84. The third-order valence-corrected chi connectivity index (χ3v) is 3.83. The molecule has 0 radical (unpaired) electrons. The molecule has 1 aromatic heterocycles. The quantitative estimate of drug-likeness (QED) is 0.890. The van der Waals surface area contributed by atoms with Crippen LogP contribution in [0.3, 0.4) is 0 Å². The zero-order valence-corrected chi connectivity index (χ0v) is 11.0. The minimum atomic E-state index is -0.684. The summed E-state index contributed by atoms with van der Waals surface area (Å²) in [6.07, 6.45) is 3.46. The van der Waals surface area contributed by atoms with E-state index in [1.807, 2.05) is 18.2 Å². The van der Waals surface area contributed by atoms with Crippen LogP contribution in [-0.4, -0.2) is 33.0 Å². The smallest absolute Gasteiger partial charge is 0.307 e. The van der Waals surface area contributed by atoms with E-state index < -0.39 is 5.97 Å². The van der Waals surface area contributed by atoms with Gasteiger partial charge < -0.3 is 5.11 Å². The Morgan fingerprint density at radius 3 is 2.94 bits per heavy atom. The first-order valence-electron chi connectivity index (χ1n) is 6.37. The Morgan fingerprint density at radius 2 is 2.33 bits per heavy atom. The number of nitrogens with zero attached hydrogens (tertiary/aromatic N) is 2. The summed E-state index contributed by atoms with van der Waals surface area (Å²) >= 11 is 0. The van der Waals surface area contributed by atoms with Crippen LogP contribution in [0.25, 0.3) is 0 Å². The average Bonchev–Trinajstić information content (AvgIpc) is 2.33. The fourth-order valence-electron chi connectivity index (χ4n) is 2.46. The summed E-state index contributed by atoms with van der Waals surface area (Å²) in [6.45, 7) is 5.68. The van der Waals surface area contributed by atoms with E-state index in [9.17, 15) is 4.79 Å². The maximum absolute atomic E-state index is 11.1. The third kappa shape index (κ3) is 2.88. The highest BCUT2D eigenvalue weighted by atomic mass is 16.4. The molecule has 0 aliphatic carbocycles. The van der Waals surface area contributed by atoms with Crippen molar-refractivity contribution in [3.8, 4) is 0 Å². The molecule has 1 N–H and O–H groups in total. The maximum Gasteiger partial charge on any atom is 0.307 e. The minimum Gasteiger partial charge on any atom is -0.481 e. The van der Waals surface area contributed by atoms with Crippen LogP contribution in [0.5, 0.6) is 0 Å². The zero-order valence-electron chi connectivity index (χ0n) is 11.0. The largest absolute Gasteiger partial charge is 0.481 e. The summed E-state index contributed by atoms with van der Waals surface area (Å²) in [5, 5.41) is 9.15. The SMILES string of the molecule is CC1(C)CCC(C(=O)O)CN1Cc1ccccn1. The van der Waals surface area contributed by atoms with Crippen LogP contribution in [-0.2, 0) is 11.3 Å². The molecule has 1 aromatic rings. The predicted octanol–water partition coefficient (Wildman–Crippen LogP) is 2.16. The van der Waals surface area contributed by atoms with Gasteiger partial charge in [0.1, 0.15) is 0 Å². The Labute approximate surface area is 108 Å². The normalized spacial score (nSPS) is 23.8. The number of aromatic nitrogens is 1. The number of carbonyl (C=O) groups is 1. The van der Waals surface area contributed by atoms with Gasteiger partial charge in [-0.05, 0) is 38.8 Å². The van der Waals surface area contributed by atoms with Crippen LogP contribution in [0.4, 0.5) is 0 Å². The molecule has 2 heterocycles. The molecule has 98 valence electrons. The van der Waals surface area contributed by atoms with Gasteiger partial charge in [-0.15, -0.1) is 0 Å². The highest BCUT2D eigenvalue weighted by molar-refractivity contribution is 5.70. The molecule has 1 atom stereocenters. The molecule has 0 amide bonds. The molecular weight excluding hydrogens is 228 g/mol. The summed E-state index contributed by atoms with van der Waals surface area (Å²) < 4.78 is 0. The second-order valence-electron chi connectivity index (χ2n) is 5.59. The van der Waals surface area contributed by atoms with Crippen molar-refractivity contribution >= 4 is 5.97 Å². The Hall–Kier alpha value is -1.42. The van der Waals surface area contributed by atoms with Crippen molar-refractivity contribution in [2.75, 3.05) is 6.54 Å². The van der Waals surface area contributed by atoms with E-state index in [1.165, 1.54) is 0 Å². The zero-order chi connectivity index (χ0) is 13.2. The van der Waals surface area contributed by atoms with Gasteiger partial charge in [0.15, 0.2) is 0 Å². The van der Waals surface area contributed by atoms with Crippen molar-refractivity contribution in [1.29, 1.82) is 0 Å². The van der Waals surface area contributed by atoms with Gasteiger partial charge in [0.05, 0.1) is 11.6 Å². The molecule has 4 heteroatoms. The summed E-state index contributed by atoms with van der Waals surface area (Å²) in [4.78, 5) is 17.7. The van der Waals surface area contributed by atoms with Crippen molar-refractivity contribution in [3.05, 3.63) is 30.1 Å². The van der Waals surface area contributed by atoms with E-state index in [-0.39, 0.29) is 11.5 Å². The molecule has 1 aliphatic heterocycles. The van der Waals surface area contributed by atoms with Crippen molar-refractivity contribution in [2.45, 2.75) is 38.8 Å². The summed E-state index contributed by atoms with van der Waals surface area (Å²) in [5.74, 6) is -0.932. The third-order valence-electron chi connectivity index (χ3n) is 3.83. The van der Waals surface area contributed by atoms with Gasteiger partial charge >= 0.3 is 5.97 Å². The fourth-order valence-corrected chi connectivity index (χ4v) is 2.46. The van der Waals surface area contributed by atoms with Gasteiger partial charge in [-0.3, -0.25) is 14.7 Å². The van der Waals surface area contributed by atoms with Crippen LogP contribution < -0.4 is 0 Å². The number of hydrogen-bond acceptors (Lipinski definition) is 3. The molecular formula is C14H20N2O2. The molecule has 0 spiro atoms. The van der Waals surface area contributed by atoms with Crippen molar-refractivity contribution < 1.29 is 9.90 Å². The molecule has 1 unspecified atom stereocenters. The Morgan fingerprint density at radius 1 is 1.56 bits per heavy atom. The van der Waals surface area contributed by atoms with Gasteiger partial charge in [-0.1, -0.05) is 6.07 Å². The lowest BCUT2D eigenvalue weighted by Crippen LogP contribution is -2.51. The number of carboxylic acids is 1. The van der Waals surface area contributed by atoms with Crippen LogP contribution in [0, 0.1) is 5.92 Å². The molecule has 1 saturated heterocycles. The molecule has 4 nitrogen and oxygen atoms in total. The number of pyridine rings is 1. The van der Waals surface area contributed by atoms with E-state index in [0.717, 1.165) is 25.1 Å². The monoisotopic (exact) mass is 248 g/mol. The number of hydrogen-bond donors (Lipinski definition) is 1. The van der Waals surface area contributed by atoms with Crippen LogP contribution in [0.15, 0.2) is 24.4 Å². The molecule has 0 bridgehead atoms. The molecule has 0 saturated carbocycles. The van der Waals surface area contributed by atoms with Crippen molar-refractivity contribution in [3.63, 3.8) is 0 Å². The summed E-state index contributed by atoms with van der Waals surface area (Å²) in [5.41, 5.74) is 1.04. The average molecular weight is 248 g/mol. The van der Waals surface area contributed by atoms with Crippen LogP contribution in [0.2, 0.25) is 0 Å². The predicted molar refractivity (Wildman–Crippen MR) is 69.1 cm³/mol.